The Morgan fingerprint density at radius 1 is 2.00 bits per heavy atom. The van der Waals surface area contributed by atoms with Crippen LogP contribution in [0.2, 0.25) is 0 Å². The van der Waals surface area contributed by atoms with Crippen LogP contribution in [0.15, 0.2) is 12.7 Å². The first-order valence-electron chi connectivity index (χ1n) is 1.69. The Morgan fingerprint density at radius 3 is 2.57 bits per heavy atom. The summed E-state index contributed by atoms with van der Waals surface area (Å²) in [7, 11) is 0. The third-order valence-electron chi connectivity index (χ3n) is 0.469. The molecule has 1 radical (unpaired) electrons. The Hall–Kier alpha value is -1.17. The maximum absolute atomic E-state index is 9.42. The van der Waals surface area contributed by atoms with Gasteiger partial charge < -0.3 is 0 Å². The Morgan fingerprint density at radius 2 is 2.57 bits per heavy atom. The van der Waals surface area contributed by atoms with Crippen LogP contribution in [0, 0.1) is 16.2 Å². The first-order valence-corrected chi connectivity index (χ1v) is 1.69. The summed E-state index contributed by atoms with van der Waals surface area (Å²) >= 11 is 0. The SMILES string of the molecule is C=CC(C#N)[N+]=O. The molecule has 0 spiro atoms. The zero-order chi connectivity index (χ0) is 5.70. The maximum atomic E-state index is 9.42. The van der Waals surface area contributed by atoms with Gasteiger partial charge in [-0.2, -0.15) is 5.26 Å². The molecule has 0 heterocycles. The van der Waals surface area contributed by atoms with Crippen molar-refractivity contribution in [1.29, 1.82) is 5.26 Å². The highest BCUT2D eigenvalue weighted by molar-refractivity contribution is 5.00. The highest BCUT2D eigenvalue weighted by Crippen LogP contribution is 1.75. The van der Waals surface area contributed by atoms with E-state index in [4.69, 9.17) is 5.26 Å². The summed E-state index contributed by atoms with van der Waals surface area (Å²) < 4.78 is 0. The first-order chi connectivity index (χ1) is 3.35. The van der Waals surface area contributed by atoms with Crippen molar-refractivity contribution in [2.75, 3.05) is 0 Å². The number of nitroso groups, excluding NO2 is 1. The number of hydrogen-bond donors (Lipinski definition) is 0. The van der Waals surface area contributed by atoms with Gasteiger partial charge in [0.1, 0.15) is 0 Å². The van der Waals surface area contributed by atoms with Crippen molar-refractivity contribution in [3.05, 3.63) is 17.6 Å². The summed E-state index contributed by atoms with van der Waals surface area (Å²) in [5.41, 5.74) is 0. The second kappa shape index (κ2) is 3.04. The van der Waals surface area contributed by atoms with E-state index in [-0.39, 0.29) is 0 Å². The monoisotopic (exact) mass is 96.0 g/mol. The van der Waals surface area contributed by atoms with Crippen LogP contribution in [-0.4, -0.2) is 6.04 Å². The van der Waals surface area contributed by atoms with Crippen LogP contribution in [0.5, 0.6) is 0 Å². The van der Waals surface area contributed by atoms with Gasteiger partial charge in [-0.15, -0.1) is 0 Å². The minimum Gasteiger partial charge on any atom is -0.190 e. The van der Waals surface area contributed by atoms with Gasteiger partial charge in [-0.25, -0.2) is 0 Å². The lowest BCUT2D eigenvalue weighted by atomic mass is 10.4. The molecule has 0 aromatic rings. The molecule has 0 N–H and O–H groups in total. The Labute approximate surface area is 41.2 Å². The van der Waals surface area contributed by atoms with Gasteiger partial charge in [0, 0.05) is 6.08 Å². The number of nitrogens with zero attached hydrogens (tertiary/aromatic N) is 2. The fourth-order valence-electron chi connectivity index (χ4n) is 0.119. The van der Waals surface area contributed by atoms with Crippen LogP contribution in [-0.2, 0) is 0 Å². The number of rotatable bonds is 2. The molecule has 3 heteroatoms. The molecule has 0 fully saturated rings. The van der Waals surface area contributed by atoms with Gasteiger partial charge in [0.15, 0.2) is 6.07 Å². The van der Waals surface area contributed by atoms with Crippen molar-refractivity contribution in [2.24, 2.45) is 0 Å². The van der Waals surface area contributed by atoms with Gasteiger partial charge >= 0.3 is 11.2 Å². The maximum Gasteiger partial charge on any atom is 0.381 e. The molecule has 0 saturated carbocycles. The summed E-state index contributed by atoms with van der Waals surface area (Å²) in [5.74, 6) is 0. The van der Waals surface area contributed by atoms with E-state index in [9.17, 15) is 4.91 Å². The molecule has 0 aliphatic heterocycles. The molecule has 35 valence electrons. The van der Waals surface area contributed by atoms with E-state index in [0.29, 0.717) is 0 Å². The largest absolute Gasteiger partial charge is 0.381 e. The predicted octanol–water partition coefficient (Wildman–Crippen LogP) is 0.167. The van der Waals surface area contributed by atoms with Crippen molar-refractivity contribution < 1.29 is 0 Å². The molecule has 0 aliphatic rings. The highest BCUT2D eigenvalue weighted by atomic mass is 16.3. The molecule has 0 saturated heterocycles. The molecule has 0 amide bonds. The summed E-state index contributed by atoms with van der Waals surface area (Å²) in [6.45, 7) is 3.19. The Kier molecular flexibility index (Phi) is 2.53. The third kappa shape index (κ3) is 1.66. The third-order valence-corrected chi connectivity index (χ3v) is 0.469. The van der Waals surface area contributed by atoms with Gasteiger partial charge in [0.2, 0.25) is 0 Å². The smallest absolute Gasteiger partial charge is 0.190 e. The molecule has 0 aromatic heterocycles. The summed E-state index contributed by atoms with van der Waals surface area (Å²) in [4.78, 5) is 9.42. The van der Waals surface area contributed by atoms with Crippen LogP contribution < -0.4 is 5.18 Å². The van der Waals surface area contributed by atoms with Gasteiger partial charge in [-0.05, 0) is 0 Å². The van der Waals surface area contributed by atoms with E-state index in [1.165, 1.54) is 6.08 Å². The topological polar surface area (TPSA) is 55.0 Å². The zero-order valence-electron chi connectivity index (χ0n) is 3.66. The van der Waals surface area contributed by atoms with E-state index in [1.807, 2.05) is 0 Å². The van der Waals surface area contributed by atoms with Crippen molar-refractivity contribution >= 4 is 0 Å². The molecule has 0 aliphatic carbocycles. The fourth-order valence-corrected chi connectivity index (χ4v) is 0.119. The second-order valence-corrected chi connectivity index (χ2v) is 0.915. The molecule has 0 aromatic carbocycles. The Bertz CT molecular complexity index is 105. The average Bonchev–Trinajstić information content (AvgIpc) is 1.72. The van der Waals surface area contributed by atoms with E-state index in [1.54, 1.807) is 6.07 Å². The quantitative estimate of drug-likeness (QED) is 0.460. The first kappa shape index (κ1) is 5.83. The molecular weight excluding hydrogens is 92.1 g/mol. The van der Waals surface area contributed by atoms with Crippen molar-refractivity contribution in [2.45, 2.75) is 6.04 Å². The lowest BCUT2D eigenvalue weighted by Gasteiger charge is -1.63. The normalized spacial score (nSPS) is 11.3. The lowest BCUT2D eigenvalue weighted by Crippen LogP contribution is -2.02. The molecule has 1 unspecified atom stereocenters. The van der Waals surface area contributed by atoms with Crippen LogP contribution in [0.3, 0.4) is 0 Å². The summed E-state index contributed by atoms with van der Waals surface area (Å²) in [5, 5.41) is 10.3. The number of nitriles is 1. The van der Waals surface area contributed by atoms with Crippen LogP contribution in [0.1, 0.15) is 0 Å². The highest BCUT2D eigenvalue weighted by Gasteiger charge is 2.12. The Balaban J connectivity index is 3.65. The number of hydrogen-bond acceptors (Lipinski definition) is 3. The standard InChI is InChI=1S/C4H4N2O/c1-2-4(3-5)6-7/h2,4H,1H2/q+1. The second-order valence-electron chi connectivity index (χ2n) is 0.915. The molecule has 0 bridgehead atoms. The fraction of sp³-hybridized carbons (Fsp3) is 0.250. The van der Waals surface area contributed by atoms with Crippen molar-refractivity contribution in [3.63, 3.8) is 0 Å². The van der Waals surface area contributed by atoms with E-state index in [0.717, 1.165) is 0 Å². The molecular formula is C4H4N2O+. The van der Waals surface area contributed by atoms with Gasteiger partial charge in [0.05, 0.1) is 4.91 Å². The minimum atomic E-state index is -0.875. The van der Waals surface area contributed by atoms with Crippen molar-refractivity contribution in [3.8, 4) is 6.07 Å². The lowest BCUT2D eigenvalue weighted by molar-refractivity contribution is 0.926. The average molecular weight is 96.1 g/mol. The van der Waals surface area contributed by atoms with Crippen molar-refractivity contribution in [1.82, 2.24) is 5.18 Å². The van der Waals surface area contributed by atoms with Crippen LogP contribution in [0.4, 0.5) is 0 Å². The molecule has 3 nitrogen and oxygen atoms in total. The van der Waals surface area contributed by atoms with Gasteiger partial charge in [-0.3, -0.25) is 0 Å². The summed E-state index contributed by atoms with van der Waals surface area (Å²) in [6, 6.07) is 0.729. The van der Waals surface area contributed by atoms with E-state index in [2.05, 4.69) is 11.8 Å². The molecule has 0 rings (SSSR count). The van der Waals surface area contributed by atoms with E-state index < -0.39 is 6.04 Å². The molecule has 7 heavy (non-hydrogen) atoms. The van der Waals surface area contributed by atoms with Gasteiger partial charge in [0.25, 0.3) is 0 Å². The summed E-state index contributed by atoms with van der Waals surface area (Å²) in [6.07, 6.45) is 1.19. The predicted molar refractivity (Wildman–Crippen MR) is 25.1 cm³/mol. The zero-order valence-corrected chi connectivity index (χ0v) is 3.66. The van der Waals surface area contributed by atoms with E-state index >= 15 is 0 Å². The molecule has 1 atom stereocenters. The van der Waals surface area contributed by atoms with Crippen LogP contribution >= 0.6 is 0 Å². The van der Waals surface area contributed by atoms with Gasteiger partial charge in [-0.1, -0.05) is 6.58 Å². The minimum absolute atomic E-state index is 0.875. The van der Waals surface area contributed by atoms with Crippen LogP contribution in [0.25, 0.3) is 0 Å².